The second-order valence-corrected chi connectivity index (χ2v) is 9.88. The number of hydrogen-bond donors (Lipinski definition) is 5. The molecule has 0 aromatic carbocycles. The first kappa shape index (κ1) is 31.7. The van der Waals surface area contributed by atoms with Crippen LogP contribution in [0.25, 0.3) is 0 Å². The fourth-order valence-corrected chi connectivity index (χ4v) is 4.49. The number of hydrogen-bond acceptors (Lipinski definition) is 18. The second kappa shape index (κ2) is 17.1. The van der Waals surface area contributed by atoms with E-state index in [2.05, 4.69) is 56.3 Å². The zero-order valence-corrected chi connectivity index (χ0v) is 24.2. The van der Waals surface area contributed by atoms with Gasteiger partial charge < -0.3 is 31.7 Å². The van der Waals surface area contributed by atoms with Gasteiger partial charge in [-0.2, -0.15) is 20.8 Å². The van der Waals surface area contributed by atoms with Crippen molar-refractivity contribution in [1.29, 1.82) is 21.3 Å². The van der Waals surface area contributed by atoms with Crippen LogP contribution in [0, 0.1) is 33.5 Å². The molecule has 0 aliphatic rings. The lowest BCUT2D eigenvalue weighted by molar-refractivity contribution is -0.119. The van der Waals surface area contributed by atoms with E-state index in [1.54, 1.807) is 18.5 Å². The number of nitrogens with one attached hydrogen (secondary N) is 5. The van der Waals surface area contributed by atoms with Crippen LogP contribution in [0.1, 0.15) is 6.92 Å². The third-order valence-electron chi connectivity index (χ3n) is 4.91. The average molecular weight is 617 g/mol. The van der Waals surface area contributed by atoms with E-state index in [9.17, 15) is 4.79 Å². The van der Waals surface area contributed by atoms with Crippen LogP contribution in [0.5, 0.6) is 0 Å². The van der Waals surface area contributed by atoms with Crippen LogP contribution < -0.4 is 20.9 Å². The quantitative estimate of drug-likeness (QED) is 0.0664. The summed E-state index contributed by atoms with van der Waals surface area (Å²) in [4.78, 5) is 30.9. The number of azo groups is 2. The van der Waals surface area contributed by atoms with E-state index < -0.39 is 6.17 Å². The highest BCUT2D eigenvalue weighted by atomic mass is 32.1. The lowest BCUT2D eigenvalue weighted by Gasteiger charge is -2.32. The van der Waals surface area contributed by atoms with E-state index in [0.717, 1.165) is 12.4 Å². The van der Waals surface area contributed by atoms with Gasteiger partial charge in [-0.1, -0.05) is 22.7 Å². The second-order valence-electron chi connectivity index (χ2n) is 7.89. The van der Waals surface area contributed by atoms with Crippen molar-refractivity contribution < 1.29 is 4.79 Å². The molecule has 0 radical (unpaired) electrons. The number of anilines is 3. The maximum atomic E-state index is 11.8. The molecule has 0 saturated heterocycles. The molecule has 0 saturated carbocycles. The molecule has 0 fully saturated rings. The maximum absolute atomic E-state index is 11.8. The van der Waals surface area contributed by atoms with Gasteiger partial charge in [-0.15, -0.1) is 10.2 Å². The Hall–Kier alpha value is -5.79. The van der Waals surface area contributed by atoms with Crippen LogP contribution in [0.15, 0.2) is 74.9 Å². The zero-order valence-electron chi connectivity index (χ0n) is 22.5. The Morgan fingerprint density at radius 3 is 2.26 bits per heavy atom. The molecule has 5 N–H and O–H groups in total. The van der Waals surface area contributed by atoms with Crippen LogP contribution in [-0.4, -0.2) is 64.1 Å². The molecular weight excluding hydrogens is 593 g/mol. The summed E-state index contributed by atoms with van der Waals surface area (Å²) < 4.78 is 0. The highest BCUT2D eigenvalue weighted by Gasteiger charge is 2.23. The number of carbonyl (C=O) groups is 1. The minimum atomic E-state index is -0.525. The largest absolute Gasteiger partial charge is 0.360 e. The Labute approximate surface area is 253 Å². The summed E-state index contributed by atoms with van der Waals surface area (Å²) in [5, 5.41) is 59.1. The molecule has 3 heterocycles. The van der Waals surface area contributed by atoms with Gasteiger partial charge in [0.2, 0.25) is 11.9 Å². The van der Waals surface area contributed by atoms with Crippen LogP contribution in [0.3, 0.4) is 0 Å². The lowest BCUT2D eigenvalue weighted by Crippen LogP contribution is -2.50. The highest BCUT2D eigenvalue weighted by molar-refractivity contribution is 7.19. The Balaban J connectivity index is 1.81. The van der Waals surface area contributed by atoms with Gasteiger partial charge in [0.05, 0.1) is 42.5 Å². The third-order valence-corrected chi connectivity index (χ3v) is 6.66. The molecule has 17 nitrogen and oxygen atoms in total. The molecule has 0 aliphatic carbocycles. The molecule has 1 atom stereocenters. The van der Waals surface area contributed by atoms with E-state index in [4.69, 9.17) is 21.3 Å². The molecule has 0 spiro atoms. The summed E-state index contributed by atoms with van der Waals surface area (Å²) in [5.41, 5.74) is 0.113. The third kappa shape index (κ3) is 10.6. The Morgan fingerprint density at radius 1 is 1.02 bits per heavy atom. The van der Waals surface area contributed by atoms with Gasteiger partial charge >= 0.3 is 0 Å². The van der Waals surface area contributed by atoms with Gasteiger partial charge in [0.1, 0.15) is 18.3 Å². The standard InChI is InChI=1S/C24H24N16OS2/c1-16(41)32-13-19(37-22-29-3-2-4-30-22)40(24-34-15-21(43-24)39-36-12-18(9-27)10-28)6-5-31-23-33-14-20(42-23)38-35-11-17(7-25)8-26/h2-4,7,9,11-12,14-15,19,25,27H,5-6,13H2,1H3,(H,31,33)(H,32,41)(H,29,30,37)/b17-11-,18-12-,25-7?,27-9?,38-35?,39-36?. The van der Waals surface area contributed by atoms with Gasteiger partial charge in [-0.05, 0) is 6.07 Å². The van der Waals surface area contributed by atoms with E-state index in [0.29, 0.717) is 39.3 Å². The average Bonchev–Trinajstić information content (AvgIpc) is 3.68. The Morgan fingerprint density at radius 2 is 1.65 bits per heavy atom. The van der Waals surface area contributed by atoms with Crippen molar-refractivity contribution >= 4 is 67.2 Å². The van der Waals surface area contributed by atoms with Crippen molar-refractivity contribution in [1.82, 2.24) is 25.3 Å². The van der Waals surface area contributed by atoms with Gasteiger partial charge in [-0.3, -0.25) is 4.79 Å². The van der Waals surface area contributed by atoms with E-state index in [1.807, 2.05) is 17.0 Å². The number of aromatic nitrogens is 4. The Kier molecular flexibility index (Phi) is 12.6. The van der Waals surface area contributed by atoms with Crippen molar-refractivity contribution in [3.8, 4) is 12.1 Å². The van der Waals surface area contributed by atoms with E-state index in [1.165, 1.54) is 54.4 Å². The molecule has 218 valence electrons. The van der Waals surface area contributed by atoms with E-state index in [-0.39, 0.29) is 23.6 Å². The smallest absolute Gasteiger partial charge is 0.224 e. The molecule has 3 rings (SSSR count). The van der Waals surface area contributed by atoms with Crippen molar-refractivity contribution in [2.45, 2.75) is 13.1 Å². The number of thiazole rings is 2. The summed E-state index contributed by atoms with van der Waals surface area (Å²) in [6.07, 6.45) is 9.83. The number of nitriles is 2. The summed E-state index contributed by atoms with van der Waals surface area (Å²) >= 11 is 2.47. The van der Waals surface area contributed by atoms with Crippen molar-refractivity contribution in [3.63, 3.8) is 0 Å². The summed E-state index contributed by atoms with van der Waals surface area (Å²) in [5.74, 6) is 0.125. The summed E-state index contributed by atoms with van der Waals surface area (Å²) in [6, 6.07) is 5.33. The number of amides is 1. The normalized spacial score (nSPS) is 12.3. The topological polar surface area (TPSA) is 253 Å². The molecule has 19 heteroatoms. The van der Waals surface area contributed by atoms with Crippen LogP contribution in [0.4, 0.5) is 26.2 Å². The predicted molar refractivity (Wildman–Crippen MR) is 162 cm³/mol. The maximum Gasteiger partial charge on any atom is 0.224 e. The molecule has 3 aromatic heterocycles. The summed E-state index contributed by atoms with van der Waals surface area (Å²) in [6.45, 7) is 2.38. The number of nitrogens with zero attached hydrogens (tertiary/aromatic N) is 11. The lowest BCUT2D eigenvalue weighted by atomic mass is 10.3. The molecule has 3 aromatic rings. The number of allylic oxidation sites excluding steroid dienone is 2. The first-order valence-corrected chi connectivity index (χ1v) is 13.8. The molecule has 1 amide bonds. The van der Waals surface area contributed by atoms with Crippen LogP contribution >= 0.6 is 22.7 Å². The molecular formula is C24H24N16OS2. The first-order valence-electron chi connectivity index (χ1n) is 12.2. The number of carbonyl (C=O) groups excluding carboxylic acids is 1. The number of rotatable bonds is 16. The molecule has 0 bridgehead atoms. The fraction of sp³-hybridized carbons (Fsp3) is 0.208. The predicted octanol–water partition coefficient (Wildman–Crippen LogP) is 4.16. The summed E-state index contributed by atoms with van der Waals surface area (Å²) in [7, 11) is 0. The van der Waals surface area contributed by atoms with Gasteiger partial charge in [0.15, 0.2) is 20.3 Å². The van der Waals surface area contributed by atoms with Crippen molar-refractivity contribution in [2.24, 2.45) is 20.5 Å². The van der Waals surface area contributed by atoms with E-state index >= 15 is 0 Å². The van der Waals surface area contributed by atoms with Gasteiger partial charge in [0, 0.05) is 44.8 Å². The monoisotopic (exact) mass is 616 g/mol. The first-order chi connectivity index (χ1) is 20.9. The minimum absolute atomic E-state index is 0.0465. The zero-order chi connectivity index (χ0) is 30.9. The SMILES string of the molecule is CC(=O)NCC(Nc1ncccn1)N(CCNc1ncc(N=N/C=C(\C#N)C=N)s1)c1ncc(N=N/C=C(\C#N)C=N)s1. The van der Waals surface area contributed by atoms with Crippen LogP contribution in [-0.2, 0) is 4.79 Å². The highest BCUT2D eigenvalue weighted by Crippen LogP contribution is 2.31. The Bertz CT molecular complexity index is 1590. The van der Waals surface area contributed by atoms with Crippen LogP contribution in [0.2, 0.25) is 0 Å². The van der Waals surface area contributed by atoms with Gasteiger partial charge in [-0.25, -0.2) is 19.9 Å². The van der Waals surface area contributed by atoms with Gasteiger partial charge in [0.25, 0.3) is 0 Å². The fourth-order valence-electron chi connectivity index (χ4n) is 2.99. The minimum Gasteiger partial charge on any atom is -0.360 e. The van der Waals surface area contributed by atoms with Crippen molar-refractivity contribution in [2.75, 3.05) is 35.2 Å². The molecule has 43 heavy (non-hydrogen) atoms. The molecule has 0 aliphatic heterocycles. The van der Waals surface area contributed by atoms with Crippen molar-refractivity contribution in [3.05, 3.63) is 54.4 Å². The molecule has 1 unspecified atom stereocenters.